The molecular formula is C27H42O3S. The van der Waals surface area contributed by atoms with Crippen LogP contribution in [0.15, 0.2) is 41.3 Å². The summed E-state index contributed by atoms with van der Waals surface area (Å²) < 4.78 is 29.2. The van der Waals surface area contributed by atoms with E-state index < -0.39 is 9.84 Å². The zero-order valence-electron chi connectivity index (χ0n) is 21.2. The molecule has 0 unspecified atom stereocenters. The van der Waals surface area contributed by atoms with E-state index in [2.05, 4.69) is 73.6 Å². The molecule has 0 saturated heterocycles. The van der Waals surface area contributed by atoms with Crippen molar-refractivity contribution in [2.75, 3.05) is 12.4 Å². The quantitative estimate of drug-likeness (QED) is 0.462. The van der Waals surface area contributed by atoms with Crippen LogP contribution in [0, 0.1) is 19.3 Å². The Labute approximate surface area is 191 Å². The van der Waals surface area contributed by atoms with Gasteiger partial charge in [-0.25, -0.2) is 8.42 Å². The molecule has 0 spiro atoms. The maximum Gasteiger partial charge on any atom is 0.178 e. The van der Waals surface area contributed by atoms with E-state index in [1.165, 1.54) is 16.7 Å². The van der Waals surface area contributed by atoms with Gasteiger partial charge in [-0.15, -0.1) is 0 Å². The third-order valence-electron chi connectivity index (χ3n) is 5.11. The molecule has 31 heavy (non-hydrogen) atoms. The van der Waals surface area contributed by atoms with Crippen molar-refractivity contribution >= 4 is 9.84 Å². The first-order valence-electron chi connectivity index (χ1n) is 11.2. The highest BCUT2D eigenvalue weighted by atomic mass is 32.2. The van der Waals surface area contributed by atoms with Gasteiger partial charge in [0.05, 0.1) is 17.3 Å². The van der Waals surface area contributed by atoms with E-state index >= 15 is 0 Å². The van der Waals surface area contributed by atoms with Crippen LogP contribution in [0.1, 0.15) is 89.5 Å². The lowest BCUT2D eigenvalue weighted by atomic mass is 9.98. The predicted molar refractivity (Wildman–Crippen MR) is 133 cm³/mol. The van der Waals surface area contributed by atoms with Crippen molar-refractivity contribution in [1.29, 1.82) is 0 Å². The van der Waals surface area contributed by atoms with Gasteiger partial charge in [0.2, 0.25) is 0 Å². The predicted octanol–water partition coefficient (Wildman–Crippen LogP) is 7.46. The zero-order chi connectivity index (χ0) is 24.0. The minimum Gasteiger partial charge on any atom is -0.493 e. The monoisotopic (exact) mass is 446 g/mol. The topological polar surface area (TPSA) is 43.4 Å². The molecule has 0 N–H and O–H groups in total. The summed E-state index contributed by atoms with van der Waals surface area (Å²) in [6.45, 7) is 21.6. The minimum absolute atomic E-state index is 0.162. The number of aryl methyl sites for hydroxylation is 2. The minimum atomic E-state index is -3.07. The molecule has 0 aliphatic carbocycles. The standard InChI is InChI=1S/C15H24O.C12H18O2S/c1-11(2)13-7-8-14(12(3)9-13)16-10-15(4,5)6;1-5-15(13,14)12-7-6-11(9(2)3)8-10(12)4/h7-9,11H,10H2,1-6H3;6-9H,5H2,1-4H3. The van der Waals surface area contributed by atoms with Crippen LogP contribution in [0.2, 0.25) is 0 Å². The fourth-order valence-corrected chi connectivity index (χ4v) is 4.16. The molecule has 0 atom stereocenters. The molecule has 174 valence electrons. The van der Waals surface area contributed by atoms with Crippen LogP contribution < -0.4 is 4.74 Å². The van der Waals surface area contributed by atoms with Gasteiger partial charge >= 0.3 is 0 Å². The van der Waals surface area contributed by atoms with Gasteiger partial charge in [-0.2, -0.15) is 0 Å². The molecule has 0 aliphatic rings. The third kappa shape index (κ3) is 8.68. The molecule has 4 heteroatoms. The Morgan fingerprint density at radius 2 is 1.32 bits per heavy atom. The van der Waals surface area contributed by atoms with E-state index in [4.69, 9.17) is 4.74 Å². The largest absolute Gasteiger partial charge is 0.493 e. The van der Waals surface area contributed by atoms with E-state index in [-0.39, 0.29) is 11.2 Å². The Balaban J connectivity index is 0.000000311. The molecule has 0 fully saturated rings. The van der Waals surface area contributed by atoms with Crippen molar-refractivity contribution in [2.24, 2.45) is 5.41 Å². The van der Waals surface area contributed by atoms with Crippen molar-refractivity contribution in [3.05, 3.63) is 58.7 Å². The lowest BCUT2D eigenvalue weighted by Crippen LogP contribution is -2.17. The van der Waals surface area contributed by atoms with Gasteiger partial charge in [-0.05, 0) is 65.5 Å². The van der Waals surface area contributed by atoms with Crippen LogP contribution >= 0.6 is 0 Å². The van der Waals surface area contributed by atoms with Crippen LogP contribution in [0.4, 0.5) is 0 Å². The van der Waals surface area contributed by atoms with E-state index in [1.54, 1.807) is 13.0 Å². The molecule has 0 bridgehead atoms. The van der Waals surface area contributed by atoms with Crippen LogP contribution in [-0.2, 0) is 9.84 Å². The summed E-state index contributed by atoms with van der Waals surface area (Å²) in [7, 11) is -3.07. The second kappa shape index (κ2) is 11.2. The highest BCUT2D eigenvalue weighted by Crippen LogP contribution is 2.25. The first-order valence-corrected chi connectivity index (χ1v) is 12.9. The van der Waals surface area contributed by atoms with E-state index in [9.17, 15) is 8.42 Å². The molecule has 3 nitrogen and oxygen atoms in total. The lowest BCUT2D eigenvalue weighted by molar-refractivity contribution is 0.197. The molecule has 2 aromatic carbocycles. The first-order chi connectivity index (χ1) is 14.2. The van der Waals surface area contributed by atoms with Crippen LogP contribution in [0.5, 0.6) is 5.75 Å². The van der Waals surface area contributed by atoms with Crippen molar-refractivity contribution in [1.82, 2.24) is 0 Å². The fraction of sp³-hybridized carbons (Fsp3) is 0.556. The maximum absolute atomic E-state index is 11.7. The SMILES string of the molecule is CCS(=O)(=O)c1ccc(C(C)C)cc1C.Cc1cc(C(C)C)ccc1OCC(C)(C)C. The highest BCUT2D eigenvalue weighted by molar-refractivity contribution is 7.91. The molecule has 0 amide bonds. The fourth-order valence-electron chi connectivity index (χ4n) is 3.02. The molecular weight excluding hydrogens is 404 g/mol. The lowest BCUT2D eigenvalue weighted by Gasteiger charge is -2.20. The van der Waals surface area contributed by atoms with Gasteiger partial charge < -0.3 is 4.74 Å². The molecule has 0 saturated carbocycles. The molecule has 0 heterocycles. The molecule has 0 aromatic heterocycles. The number of benzene rings is 2. The van der Waals surface area contributed by atoms with Crippen LogP contribution in [0.3, 0.4) is 0 Å². The highest BCUT2D eigenvalue weighted by Gasteiger charge is 2.15. The second-order valence-electron chi connectivity index (χ2n) is 10.1. The molecule has 2 aromatic rings. The van der Waals surface area contributed by atoms with Crippen LogP contribution in [0.25, 0.3) is 0 Å². The van der Waals surface area contributed by atoms with Crippen LogP contribution in [-0.4, -0.2) is 20.8 Å². The Hall–Kier alpha value is -1.81. The van der Waals surface area contributed by atoms with Gasteiger partial charge in [-0.3, -0.25) is 0 Å². The normalized spacial score (nSPS) is 12.0. The van der Waals surface area contributed by atoms with Crippen molar-refractivity contribution in [3.8, 4) is 5.75 Å². The summed E-state index contributed by atoms with van der Waals surface area (Å²) in [5, 5.41) is 0. The van der Waals surface area contributed by atoms with E-state index in [0.717, 1.165) is 17.9 Å². The summed E-state index contributed by atoms with van der Waals surface area (Å²) >= 11 is 0. The molecule has 0 radical (unpaired) electrons. The summed E-state index contributed by atoms with van der Waals surface area (Å²) in [6, 6.07) is 12.1. The summed E-state index contributed by atoms with van der Waals surface area (Å²) in [4.78, 5) is 0.467. The van der Waals surface area contributed by atoms with E-state index in [0.29, 0.717) is 16.7 Å². The van der Waals surface area contributed by atoms with Gasteiger partial charge in [-0.1, -0.05) is 79.7 Å². The van der Waals surface area contributed by atoms with Gasteiger partial charge in [0.1, 0.15) is 5.75 Å². The number of ether oxygens (including phenoxy) is 1. The molecule has 0 aliphatic heterocycles. The number of sulfone groups is 1. The number of rotatable bonds is 6. The maximum atomic E-state index is 11.7. The van der Waals surface area contributed by atoms with Gasteiger partial charge in [0.25, 0.3) is 0 Å². The number of hydrogen-bond donors (Lipinski definition) is 0. The Morgan fingerprint density at radius 3 is 1.71 bits per heavy atom. The van der Waals surface area contributed by atoms with Crippen molar-refractivity contribution in [3.63, 3.8) is 0 Å². The van der Waals surface area contributed by atoms with Crippen molar-refractivity contribution in [2.45, 2.75) is 86.0 Å². The van der Waals surface area contributed by atoms with Crippen molar-refractivity contribution < 1.29 is 13.2 Å². The Bertz CT molecular complexity index is 949. The van der Waals surface area contributed by atoms with Gasteiger partial charge in [0.15, 0.2) is 9.84 Å². The zero-order valence-corrected chi connectivity index (χ0v) is 22.0. The average Bonchev–Trinajstić information content (AvgIpc) is 2.66. The van der Waals surface area contributed by atoms with E-state index in [1.807, 2.05) is 19.1 Å². The van der Waals surface area contributed by atoms with Gasteiger partial charge in [0, 0.05) is 0 Å². The smallest absolute Gasteiger partial charge is 0.178 e. The summed E-state index contributed by atoms with van der Waals surface area (Å²) in [5.74, 6) is 2.19. The average molecular weight is 447 g/mol. The third-order valence-corrected chi connectivity index (χ3v) is 7.00. The number of hydrogen-bond acceptors (Lipinski definition) is 3. The second-order valence-corrected chi connectivity index (χ2v) is 12.4. The summed E-state index contributed by atoms with van der Waals surface area (Å²) in [6.07, 6.45) is 0. The Kier molecular flexibility index (Phi) is 9.81. The first kappa shape index (κ1) is 27.2. The molecule has 2 rings (SSSR count). The Morgan fingerprint density at radius 1 is 0.839 bits per heavy atom. The summed E-state index contributed by atoms with van der Waals surface area (Å²) in [5.41, 5.74) is 4.85.